The minimum Gasteiger partial charge on any atom is -0.265 e. The molecule has 2 N–H and O–H groups in total. The van der Waals surface area contributed by atoms with Crippen molar-refractivity contribution in [1.29, 1.82) is 0 Å². The molecule has 4 nitrogen and oxygen atoms in total. The van der Waals surface area contributed by atoms with E-state index in [1.54, 1.807) is 6.20 Å². The summed E-state index contributed by atoms with van der Waals surface area (Å²) in [6, 6.07) is 0. The van der Waals surface area contributed by atoms with Crippen LogP contribution >= 0.6 is 0 Å². The van der Waals surface area contributed by atoms with Crippen LogP contribution in [0.4, 0.5) is 0 Å². The summed E-state index contributed by atoms with van der Waals surface area (Å²) in [5.41, 5.74) is 7.42. The molecule has 0 amide bonds. The Bertz CT molecular complexity index is 121. The zero-order valence-corrected chi connectivity index (χ0v) is 3.68. The molecule has 0 bridgehead atoms. The molecule has 0 spiro atoms. The molecule has 1 aromatic rings. The molecule has 1 rings (SSSR count). The summed E-state index contributed by atoms with van der Waals surface area (Å²) in [6.45, 7) is 0.205. The van der Waals surface area contributed by atoms with E-state index < -0.39 is 0 Å². The van der Waals surface area contributed by atoms with Crippen molar-refractivity contribution >= 4 is 0 Å². The predicted molar refractivity (Wildman–Crippen MR) is 23.2 cm³/mol. The third-order valence-corrected chi connectivity index (χ3v) is 0.648. The number of nitrogens with zero attached hydrogens (tertiary/aromatic N) is 2. The molecule has 7 heavy (non-hydrogen) atoms. The van der Waals surface area contributed by atoms with Gasteiger partial charge < -0.3 is 0 Å². The maximum atomic E-state index is 6.74. The zero-order chi connectivity index (χ0) is 5.11. The van der Waals surface area contributed by atoms with Gasteiger partial charge in [0.2, 0.25) is 0 Å². The molecule has 0 fully saturated rings. The molecule has 0 aliphatic rings. The quantitative estimate of drug-likeness (QED) is 0.517. The Balaban J connectivity index is 2.76. The van der Waals surface area contributed by atoms with Crippen molar-refractivity contribution in [3.8, 4) is 0 Å². The molecule has 37 valence electrons. The molecule has 0 atom stereocenters. The van der Waals surface area contributed by atoms with Gasteiger partial charge in [0.15, 0.2) is 0 Å². The minimum absolute atomic E-state index is 0.205. The molecule has 0 aromatic carbocycles. The fourth-order valence-electron chi connectivity index (χ4n) is 0.312. The van der Waals surface area contributed by atoms with Crippen LogP contribution < -0.4 is 5.73 Å². The highest BCUT2D eigenvalue weighted by atomic mass is 15.3. The normalized spacial score (nSPS) is 9.29. The first-order valence-electron chi connectivity index (χ1n) is 1.93. The van der Waals surface area contributed by atoms with Crippen molar-refractivity contribution in [2.75, 3.05) is 0 Å². The van der Waals surface area contributed by atoms with Crippen LogP contribution in [-0.4, -0.2) is 15.4 Å². The molecule has 0 saturated carbocycles. The van der Waals surface area contributed by atoms with Gasteiger partial charge in [0.1, 0.15) is 0 Å². The van der Waals surface area contributed by atoms with Gasteiger partial charge in [-0.15, -0.1) is 5.10 Å². The van der Waals surface area contributed by atoms with Crippen LogP contribution in [0.5, 0.6) is 0 Å². The predicted octanol–water partition coefficient (Wildman–Crippen LogP) is -0.412. The van der Waals surface area contributed by atoms with Gasteiger partial charge in [-0.25, -0.2) is 0 Å². The number of aromatic nitrogens is 3. The highest BCUT2D eigenvalue weighted by Crippen LogP contribution is 1.82. The van der Waals surface area contributed by atoms with Crippen molar-refractivity contribution < 1.29 is 0 Å². The molecule has 0 saturated heterocycles. The third kappa shape index (κ3) is 0.747. The lowest BCUT2D eigenvalue weighted by Crippen LogP contribution is -1.82. The Hall–Kier alpha value is -0.900. The van der Waals surface area contributed by atoms with Crippen LogP contribution in [0.15, 0.2) is 6.20 Å². The summed E-state index contributed by atoms with van der Waals surface area (Å²) in [5, 5.41) is 9.44. The summed E-state index contributed by atoms with van der Waals surface area (Å²) in [4.78, 5) is 0. The first kappa shape index (κ1) is 4.26. The van der Waals surface area contributed by atoms with Crippen molar-refractivity contribution in [2.45, 2.75) is 6.54 Å². The Morgan fingerprint density at radius 2 is 2.71 bits per heavy atom. The average Bonchev–Trinajstić information content (AvgIpc) is 2.14. The molecule has 1 aromatic heterocycles. The summed E-state index contributed by atoms with van der Waals surface area (Å²) >= 11 is 0. The Kier molecular flexibility index (Phi) is 1.04. The zero-order valence-electron chi connectivity index (χ0n) is 3.68. The number of aromatic amines is 1. The van der Waals surface area contributed by atoms with Gasteiger partial charge in [-0.05, 0) is 0 Å². The van der Waals surface area contributed by atoms with Crippen LogP contribution in [-0.2, 0) is 6.54 Å². The topological polar surface area (TPSA) is 65.4 Å². The molecular weight excluding hydrogens is 92.1 g/mol. The number of nitrogens with one attached hydrogen (secondary N) is 2. The second kappa shape index (κ2) is 1.70. The van der Waals surface area contributed by atoms with E-state index in [2.05, 4.69) is 15.4 Å². The Labute approximate surface area is 40.7 Å². The number of hydrogen-bond donors (Lipinski definition) is 1. The van der Waals surface area contributed by atoms with Crippen LogP contribution in [0, 0.1) is 0 Å². The van der Waals surface area contributed by atoms with Crippen LogP contribution in [0.25, 0.3) is 0 Å². The number of rotatable bonds is 1. The van der Waals surface area contributed by atoms with Gasteiger partial charge >= 0.3 is 0 Å². The molecule has 0 aliphatic heterocycles. The van der Waals surface area contributed by atoms with Crippen molar-refractivity contribution in [1.82, 2.24) is 21.1 Å². The maximum Gasteiger partial charge on any atom is 0.0976 e. The van der Waals surface area contributed by atoms with E-state index in [-0.39, 0.29) is 6.54 Å². The highest BCUT2D eigenvalue weighted by Gasteiger charge is 1.86. The van der Waals surface area contributed by atoms with Gasteiger partial charge in [-0.3, -0.25) is 10.8 Å². The molecule has 0 unspecified atom stereocenters. The average molecular weight is 97.1 g/mol. The summed E-state index contributed by atoms with van der Waals surface area (Å²) in [7, 11) is 0. The molecule has 1 radical (unpaired) electrons. The summed E-state index contributed by atoms with van der Waals surface area (Å²) in [6.07, 6.45) is 1.60. The molecule has 4 heteroatoms. The van der Waals surface area contributed by atoms with Crippen LogP contribution in [0.2, 0.25) is 0 Å². The van der Waals surface area contributed by atoms with Crippen molar-refractivity contribution in [3.63, 3.8) is 0 Å². The Morgan fingerprint density at radius 1 is 1.86 bits per heavy atom. The SMILES string of the molecule is [NH]Cc1c[nH]nn1. The third-order valence-electron chi connectivity index (χ3n) is 0.648. The van der Waals surface area contributed by atoms with Gasteiger partial charge in [-0.1, -0.05) is 5.21 Å². The smallest absolute Gasteiger partial charge is 0.0976 e. The first-order valence-corrected chi connectivity index (χ1v) is 1.93. The van der Waals surface area contributed by atoms with E-state index in [4.69, 9.17) is 5.73 Å². The van der Waals surface area contributed by atoms with Gasteiger partial charge in [-0.2, -0.15) is 0 Å². The van der Waals surface area contributed by atoms with Crippen molar-refractivity contribution in [3.05, 3.63) is 11.9 Å². The molecular formula is C3H5N4. The number of H-pyrrole nitrogens is 1. The minimum atomic E-state index is 0.205. The first-order chi connectivity index (χ1) is 3.43. The Morgan fingerprint density at radius 3 is 3.00 bits per heavy atom. The standard InChI is InChI=1S/C3H5N4/c4-1-3-2-5-7-6-3/h2,4H,1H2,(H,5,6,7). The van der Waals surface area contributed by atoms with Gasteiger partial charge in [0.25, 0.3) is 0 Å². The van der Waals surface area contributed by atoms with Crippen LogP contribution in [0.1, 0.15) is 5.69 Å². The molecule has 0 aliphatic carbocycles. The highest BCUT2D eigenvalue weighted by molar-refractivity contribution is 4.87. The van der Waals surface area contributed by atoms with E-state index in [0.29, 0.717) is 5.69 Å². The maximum absolute atomic E-state index is 6.74. The lowest BCUT2D eigenvalue weighted by molar-refractivity contribution is 0.889. The van der Waals surface area contributed by atoms with Gasteiger partial charge in [0, 0.05) is 6.20 Å². The summed E-state index contributed by atoms with van der Waals surface area (Å²) < 4.78 is 0. The largest absolute Gasteiger partial charge is 0.265 e. The fourth-order valence-corrected chi connectivity index (χ4v) is 0.312. The summed E-state index contributed by atoms with van der Waals surface area (Å²) in [5.74, 6) is 0. The van der Waals surface area contributed by atoms with Gasteiger partial charge in [0.05, 0.1) is 12.2 Å². The van der Waals surface area contributed by atoms with E-state index in [1.165, 1.54) is 0 Å². The number of hydrogen-bond acceptors (Lipinski definition) is 2. The monoisotopic (exact) mass is 97.1 g/mol. The molecule has 1 heterocycles. The van der Waals surface area contributed by atoms with Crippen LogP contribution in [0.3, 0.4) is 0 Å². The lowest BCUT2D eigenvalue weighted by Gasteiger charge is -1.74. The van der Waals surface area contributed by atoms with E-state index in [1.807, 2.05) is 0 Å². The lowest BCUT2D eigenvalue weighted by atomic mass is 10.5. The van der Waals surface area contributed by atoms with E-state index in [0.717, 1.165) is 0 Å². The van der Waals surface area contributed by atoms with Crippen molar-refractivity contribution in [2.24, 2.45) is 0 Å². The second-order valence-corrected chi connectivity index (χ2v) is 1.14. The van der Waals surface area contributed by atoms with E-state index in [9.17, 15) is 0 Å². The van der Waals surface area contributed by atoms with E-state index >= 15 is 0 Å². The fraction of sp³-hybridized carbons (Fsp3) is 0.333. The second-order valence-electron chi connectivity index (χ2n) is 1.14.